The Kier molecular flexibility index (Phi) is 0.745. The molecule has 0 amide bonds. The van der Waals surface area contributed by atoms with Crippen LogP contribution in [0.5, 0.6) is 0 Å². The molecule has 0 bridgehead atoms. The lowest BCUT2D eigenvalue weighted by Crippen LogP contribution is -1.90. The Morgan fingerprint density at radius 2 is 2.38 bits per heavy atom. The molecule has 2 nitrogen and oxygen atoms in total. The summed E-state index contributed by atoms with van der Waals surface area (Å²) >= 11 is 0. The predicted octanol–water partition coefficient (Wildman–Crippen LogP) is 0.879. The van der Waals surface area contributed by atoms with Gasteiger partial charge in [-0.1, -0.05) is 0 Å². The highest BCUT2D eigenvalue weighted by Crippen LogP contribution is 2.31. The molecule has 0 spiro atoms. The largest absolute Gasteiger partial charge is 0.264 e. The third-order valence-electron chi connectivity index (χ3n) is 1.50. The number of amidine groups is 1. The van der Waals surface area contributed by atoms with E-state index in [2.05, 4.69) is 9.98 Å². The Balaban J connectivity index is 2.13. The molecule has 1 aliphatic carbocycles. The monoisotopic (exact) mass is 108 g/mol. The van der Waals surface area contributed by atoms with Gasteiger partial charge in [-0.2, -0.15) is 0 Å². The van der Waals surface area contributed by atoms with Crippen molar-refractivity contribution in [2.45, 2.75) is 12.8 Å². The first-order valence-corrected chi connectivity index (χ1v) is 3.04. The van der Waals surface area contributed by atoms with Crippen molar-refractivity contribution in [1.29, 1.82) is 0 Å². The van der Waals surface area contributed by atoms with Crippen molar-refractivity contribution < 1.29 is 0 Å². The fourth-order valence-corrected chi connectivity index (χ4v) is 0.886. The number of aliphatic imine (C=N–C) groups is 2. The van der Waals surface area contributed by atoms with Crippen LogP contribution in [0, 0.1) is 5.92 Å². The third kappa shape index (κ3) is 0.565. The highest BCUT2D eigenvalue weighted by molar-refractivity contribution is 5.97. The van der Waals surface area contributed by atoms with E-state index in [0.29, 0.717) is 0 Å². The van der Waals surface area contributed by atoms with E-state index in [4.69, 9.17) is 0 Å². The molecule has 2 aliphatic rings. The molecule has 0 radical (unpaired) electrons. The van der Waals surface area contributed by atoms with E-state index < -0.39 is 0 Å². The summed E-state index contributed by atoms with van der Waals surface area (Å²) in [5.74, 6) is 1.85. The van der Waals surface area contributed by atoms with Gasteiger partial charge in [0, 0.05) is 12.1 Å². The second-order valence-corrected chi connectivity index (χ2v) is 2.28. The summed E-state index contributed by atoms with van der Waals surface area (Å²) in [4.78, 5) is 8.31. The zero-order valence-corrected chi connectivity index (χ0v) is 4.67. The Morgan fingerprint density at radius 1 is 1.50 bits per heavy atom. The first-order valence-electron chi connectivity index (χ1n) is 3.04. The molecule has 0 saturated heterocycles. The van der Waals surface area contributed by atoms with E-state index in [1.165, 1.54) is 12.8 Å². The van der Waals surface area contributed by atoms with Crippen LogP contribution in [-0.2, 0) is 0 Å². The molecule has 0 N–H and O–H groups in total. The van der Waals surface area contributed by atoms with Crippen molar-refractivity contribution in [3.63, 3.8) is 0 Å². The summed E-state index contributed by atoms with van der Waals surface area (Å²) in [5, 5.41) is 0. The zero-order chi connectivity index (χ0) is 5.40. The van der Waals surface area contributed by atoms with Gasteiger partial charge in [0.15, 0.2) is 0 Å². The van der Waals surface area contributed by atoms with E-state index in [0.717, 1.165) is 18.3 Å². The number of nitrogens with zero attached hydrogens (tertiary/aromatic N) is 2. The van der Waals surface area contributed by atoms with Gasteiger partial charge in [-0.15, -0.1) is 0 Å². The van der Waals surface area contributed by atoms with Gasteiger partial charge in [0.2, 0.25) is 0 Å². The topological polar surface area (TPSA) is 24.7 Å². The lowest BCUT2D eigenvalue weighted by atomic mass is 10.4. The first-order chi connectivity index (χ1) is 3.97. The lowest BCUT2D eigenvalue weighted by molar-refractivity contribution is 1.15. The SMILES string of the molecule is C1=NC(C2CC2)=NC1. The highest BCUT2D eigenvalue weighted by atomic mass is 15.0. The summed E-state index contributed by atoms with van der Waals surface area (Å²) < 4.78 is 0. The van der Waals surface area contributed by atoms with Crippen molar-refractivity contribution in [2.24, 2.45) is 15.9 Å². The molecule has 0 atom stereocenters. The Hall–Kier alpha value is -0.660. The lowest BCUT2D eigenvalue weighted by Gasteiger charge is -1.85. The second-order valence-electron chi connectivity index (χ2n) is 2.28. The average Bonchev–Trinajstić information content (AvgIpc) is 2.49. The van der Waals surface area contributed by atoms with Crippen LogP contribution < -0.4 is 0 Å². The van der Waals surface area contributed by atoms with Crippen LogP contribution in [0.1, 0.15) is 12.8 Å². The van der Waals surface area contributed by atoms with Crippen LogP contribution in [0.2, 0.25) is 0 Å². The van der Waals surface area contributed by atoms with Gasteiger partial charge in [0.25, 0.3) is 0 Å². The average molecular weight is 108 g/mol. The highest BCUT2D eigenvalue weighted by Gasteiger charge is 2.27. The van der Waals surface area contributed by atoms with Crippen LogP contribution in [0.25, 0.3) is 0 Å². The van der Waals surface area contributed by atoms with Gasteiger partial charge < -0.3 is 0 Å². The van der Waals surface area contributed by atoms with Crippen molar-refractivity contribution in [2.75, 3.05) is 6.54 Å². The standard InChI is InChI=1S/C6H8N2/c1-2-5(1)6-7-3-4-8-6/h3,5H,1-2,4H2. The summed E-state index contributed by atoms with van der Waals surface area (Å²) in [6.07, 6.45) is 4.51. The van der Waals surface area contributed by atoms with Crippen molar-refractivity contribution in [3.8, 4) is 0 Å². The molecule has 8 heavy (non-hydrogen) atoms. The van der Waals surface area contributed by atoms with Crippen molar-refractivity contribution in [1.82, 2.24) is 0 Å². The minimum absolute atomic E-state index is 0.744. The molecule has 0 aromatic carbocycles. The second kappa shape index (κ2) is 1.41. The maximum atomic E-state index is 4.19. The molecule has 42 valence electrons. The van der Waals surface area contributed by atoms with E-state index in [-0.39, 0.29) is 0 Å². The smallest absolute Gasteiger partial charge is 0.126 e. The first kappa shape index (κ1) is 4.24. The molecule has 2 heteroatoms. The molecule has 1 aliphatic heterocycles. The summed E-state index contributed by atoms with van der Waals surface area (Å²) in [6, 6.07) is 0. The van der Waals surface area contributed by atoms with Gasteiger partial charge in [-0.3, -0.25) is 4.99 Å². The van der Waals surface area contributed by atoms with E-state index >= 15 is 0 Å². The van der Waals surface area contributed by atoms with E-state index in [9.17, 15) is 0 Å². The maximum Gasteiger partial charge on any atom is 0.126 e. The van der Waals surface area contributed by atoms with Gasteiger partial charge in [0.05, 0.1) is 6.54 Å². The molecule has 0 unspecified atom stereocenters. The molecule has 2 rings (SSSR count). The summed E-state index contributed by atoms with van der Waals surface area (Å²) in [6.45, 7) is 0.825. The summed E-state index contributed by atoms with van der Waals surface area (Å²) in [5.41, 5.74) is 0. The molecule has 1 heterocycles. The van der Waals surface area contributed by atoms with Crippen molar-refractivity contribution in [3.05, 3.63) is 0 Å². The number of hydrogen-bond acceptors (Lipinski definition) is 2. The van der Waals surface area contributed by atoms with E-state index in [1.807, 2.05) is 6.21 Å². The fourth-order valence-electron chi connectivity index (χ4n) is 0.886. The quantitative estimate of drug-likeness (QED) is 0.476. The Labute approximate surface area is 48.3 Å². The van der Waals surface area contributed by atoms with Gasteiger partial charge in [-0.25, -0.2) is 4.99 Å². The molecule has 1 fully saturated rings. The van der Waals surface area contributed by atoms with Crippen LogP contribution in [0.3, 0.4) is 0 Å². The van der Waals surface area contributed by atoms with Crippen LogP contribution in [-0.4, -0.2) is 18.6 Å². The molecule has 0 aromatic rings. The van der Waals surface area contributed by atoms with E-state index in [1.54, 1.807) is 0 Å². The third-order valence-corrected chi connectivity index (χ3v) is 1.50. The van der Waals surface area contributed by atoms with Gasteiger partial charge >= 0.3 is 0 Å². The summed E-state index contributed by atoms with van der Waals surface area (Å²) in [7, 11) is 0. The van der Waals surface area contributed by atoms with Crippen LogP contribution >= 0.6 is 0 Å². The Bertz CT molecular complexity index is 154. The molecule has 1 saturated carbocycles. The number of rotatable bonds is 1. The minimum Gasteiger partial charge on any atom is -0.264 e. The predicted molar refractivity (Wildman–Crippen MR) is 33.5 cm³/mol. The van der Waals surface area contributed by atoms with Crippen molar-refractivity contribution >= 4 is 12.1 Å². The van der Waals surface area contributed by atoms with Crippen LogP contribution in [0.15, 0.2) is 9.98 Å². The van der Waals surface area contributed by atoms with Crippen LogP contribution in [0.4, 0.5) is 0 Å². The fraction of sp³-hybridized carbons (Fsp3) is 0.667. The zero-order valence-electron chi connectivity index (χ0n) is 4.67. The minimum atomic E-state index is 0.744. The molecular weight excluding hydrogens is 100 g/mol. The molecular formula is C6H8N2. The number of hydrogen-bond donors (Lipinski definition) is 0. The Morgan fingerprint density at radius 3 is 2.88 bits per heavy atom. The maximum absolute atomic E-state index is 4.19. The van der Waals surface area contributed by atoms with Gasteiger partial charge in [-0.05, 0) is 12.8 Å². The molecule has 0 aromatic heterocycles. The normalized spacial score (nSPS) is 26.2. The van der Waals surface area contributed by atoms with Gasteiger partial charge in [0.1, 0.15) is 5.84 Å².